The maximum absolute atomic E-state index is 13.6. The van der Waals surface area contributed by atoms with Gasteiger partial charge < -0.3 is 15.4 Å². The topological polar surface area (TPSA) is 68.5 Å². The quantitative estimate of drug-likeness (QED) is 0.641. The Morgan fingerprint density at radius 3 is 2.54 bits per heavy atom. The van der Waals surface area contributed by atoms with Crippen LogP contribution in [0.25, 0.3) is 0 Å². The van der Waals surface area contributed by atoms with E-state index in [0.29, 0.717) is 43.4 Å². The van der Waals surface area contributed by atoms with Gasteiger partial charge in [0, 0.05) is 31.6 Å². The average molecular weight is 398 g/mol. The Morgan fingerprint density at radius 2 is 2.00 bits per heavy atom. The van der Waals surface area contributed by atoms with Gasteiger partial charge in [0.1, 0.15) is 0 Å². The number of pyridine rings is 1. The highest BCUT2D eigenvalue weighted by Gasteiger charge is 2.37. The zero-order valence-corrected chi connectivity index (χ0v) is 17.4. The molecule has 1 aromatic heterocycles. The molecular formula is C21H33F2N3O2. The summed E-state index contributed by atoms with van der Waals surface area (Å²) in [6.07, 6.45) is 2.67. The summed E-state index contributed by atoms with van der Waals surface area (Å²) in [6.45, 7) is 8.97. The van der Waals surface area contributed by atoms with Crippen molar-refractivity contribution >= 4 is 17.5 Å². The van der Waals surface area contributed by atoms with Crippen LogP contribution in [0.2, 0.25) is 0 Å². The van der Waals surface area contributed by atoms with Crippen LogP contribution in [-0.4, -0.2) is 36.1 Å². The Bertz CT molecular complexity index is 657. The molecule has 2 N–H and O–H groups in total. The second-order valence-electron chi connectivity index (χ2n) is 8.23. The molecule has 1 aliphatic rings. The average Bonchev–Trinajstić information content (AvgIpc) is 2.60. The molecule has 0 spiro atoms. The number of rotatable bonds is 8. The van der Waals surface area contributed by atoms with Crippen molar-refractivity contribution in [3.8, 4) is 0 Å². The lowest BCUT2D eigenvalue weighted by molar-refractivity contribution is -0.143. The molecule has 0 aliphatic heterocycles. The SMILES string of the molecule is CCOC(=O)CC(C)c1cnc(N(CC(C)C)C2CCC(F)(F)CC2)c(N)c1. The van der Waals surface area contributed by atoms with Gasteiger partial charge in [-0.1, -0.05) is 20.8 Å². The Balaban J connectivity index is 2.18. The number of anilines is 2. The van der Waals surface area contributed by atoms with E-state index in [1.165, 1.54) is 0 Å². The zero-order chi connectivity index (χ0) is 20.9. The number of esters is 1. The number of hydrogen-bond acceptors (Lipinski definition) is 5. The number of nitrogen functional groups attached to an aromatic ring is 1. The van der Waals surface area contributed by atoms with Crippen LogP contribution in [0, 0.1) is 5.92 Å². The number of carbonyl (C=O) groups is 1. The van der Waals surface area contributed by atoms with Gasteiger partial charge in [-0.15, -0.1) is 0 Å². The van der Waals surface area contributed by atoms with Crippen LogP contribution in [0.4, 0.5) is 20.3 Å². The summed E-state index contributed by atoms with van der Waals surface area (Å²) < 4.78 is 32.2. The van der Waals surface area contributed by atoms with Gasteiger partial charge >= 0.3 is 5.97 Å². The lowest BCUT2D eigenvalue weighted by Gasteiger charge is -2.39. The van der Waals surface area contributed by atoms with Gasteiger partial charge in [-0.25, -0.2) is 13.8 Å². The van der Waals surface area contributed by atoms with E-state index in [-0.39, 0.29) is 37.2 Å². The van der Waals surface area contributed by atoms with Crippen molar-refractivity contribution in [2.45, 2.75) is 77.7 Å². The third kappa shape index (κ3) is 6.04. The van der Waals surface area contributed by atoms with Gasteiger partial charge in [0.2, 0.25) is 5.92 Å². The fourth-order valence-electron chi connectivity index (χ4n) is 3.73. The van der Waals surface area contributed by atoms with E-state index in [2.05, 4.69) is 23.7 Å². The molecule has 1 unspecified atom stereocenters. The van der Waals surface area contributed by atoms with E-state index in [4.69, 9.17) is 10.5 Å². The van der Waals surface area contributed by atoms with Crippen LogP contribution in [0.15, 0.2) is 12.3 Å². The summed E-state index contributed by atoms with van der Waals surface area (Å²) in [6, 6.07) is 1.86. The van der Waals surface area contributed by atoms with Crippen LogP contribution in [-0.2, 0) is 9.53 Å². The zero-order valence-electron chi connectivity index (χ0n) is 17.4. The molecule has 0 bridgehead atoms. The number of halogens is 2. The maximum Gasteiger partial charge on any atom is 0.306 e. The highest BCUT2D eigenvalue weighted by molar-refractivity contribution is 5.71. The highest BCUT2D eigenvalue weighted by atomic mass is 19.3. The summed E-state index contributed by atoms with van der Waals surface area (Å²) in [5.74, 6) is -1.87. The third-order valence-corrected chi connectivity index (χ3v) is 5.22. The number of hydrogen-bond donors (Lipinski definition) is 1. The van der Waals surface area contributed by atoms with Crippen molar-refractivity contribution < 1.29 is 18.3 Å². The molecule has 7 heteroatoms. The predicted octanol–water partition coefficient (Wildman–Crippen LogP) is 4.76. The van der Waals surface area contributed by atoms with Crippen molar-refractivity contribution in [3.05, 3.63) is 17.8 Å². The Labute approximate surface area is 166 Å². The van der Waals surface area contributed by atoms with Gasteiger partial charge in [0.05, 0.1) is 18.7 Å². The number of aromatic nitrogens is 1. The summed E-state index contributed by atoms with van der Waals surface area (Å²) >= 11 is 0. The van der Waals surface area contributed by atoms with E-state index in [0.717, 1.165) is 5.56 Å². The third-order valence-electron chi connectivity index (χ3n) is 5.22. The van der Waals surface area contributed by atoms with Gasteiger partial charge in [-0.2, -0.15) is 0 Å². The molecule has 0 saturated heterocycles. The van der Waals surface area contributed by atoms with Crippen molar-refractivity contribution in [2.75, 3.05) is 23.8 Å². The summed E-state index contributed by atoms with van der Waals surface area (Å²) in [5, 5.41) is 0. The van der Waals surface area contributed by atoms with E-state index < -0.39 is 5.92 Å². The van der Waals surface area contributed by atoms with Gasteiger partial charge in [0.15, 0.2) is 5.82 Å². The molecule has 0 aromatic carbocycles. The number of carbonyl (C=O) groups excluding carboxylic acids is 1. The van der Waals surface area contributed by atoms with Crippen LogP contribution in [0.5, 0.6) is 0 Å². The van der Waals surface area contributed by atoms with Gasteiger partial charge in [-0.05, 0) is 43.2 Å². The number of ether oxygens (including phenoxy) is 1. The van der Waals surface area contributed by atoms with Crippen LogP contribution < -0.4 is 10.6 Å². The van der Waals surface area contributed by atoms with E-state index in [9.17, 15) is 13.6 Å². The smallest absolute Gasteiger partial charge is 0.306 e. The molecule has 158 valence electrons. The molecule has 1 saturated carbocycles. The Morgan fingerprint density at radius 1 is 1.36 bits per heavy atom. The van der Waals surface area contributed by atoms with E-state index in [1.807, 2.05) is 13.0 Å². The predicted molar refractivity (Wildman–Crippen MR) is 108 cm³/mol. The Kier molecular flexibility index (Phi) is 7.61. The molecule has 1 aromatic rings. The lowest BCUT2D eigenvalue weighted by atomic mass is 9.90. The molecule has 1 atom stereocenters. The van der Waals surface area contributed by atoms with Crippen molar-refractivity contribution in [3.63, 3.8) is 0 Å². The number of alkyl halides is 2. The van der Waals surface area contributed by atoms with Crippen molar-refractivity contribution in [1.29, 1.82) is 0 Å². The van der Waals surface area contributed by atoms with Crippen LogP contribution in [0.1, 0.15) is 71.3 Å². The first-order chi connectivity index (χ1) is 13.1. The largest absolute Gasteiger partial charge is 0.466 e. The number of nitrogens with two attached hydrogens (primary N) is 1. The lowest BCUT2D eigenvalue weighted by Crippen LogP contribution is -2.43. The summed E-state index contributed by atoms with van der Waals surface area (Å²) in [4.78, 5) is 18.4. The first-order valence-corrected chi connectivity index (χ1v) is 10.2. The molecule has 28 heavy (non-hydrogen) atoms. The molecule has 2 rings (SSSR count). The van der Waals surface area contributed by atoms with E-state index >= 15 is 0 Å². The molecule has 5 nitrogen and oxygen atoms in total. The van der Waals surface area contributed by atoms with E-state index in [1.54, 1.807) is 13.1 Å². The number of nitrogens with zero attached hydrogens (tertiary/aromatic N) is 2. The first kappa shape index (κ1) is 22.4. The Hall–Kier alpha value is -1.92. The maximum atomic E-state index is 13.6. The fraction of sp³-hybridized carbons (Fsp3) is 0.714. The molecule has 1 heterocycles. The fourth-order valence-corrected chi connectivity index (χ4v) is 3.73. The minimum atomic E-state index is -2.56. The summed E-state index contributed by atoms with van der Waals surface area (Å²) in [5.41, 5.74) is 7.71. The molecule has 1 aliphatic carbocycles. The molecule has 0 amide bonds. The second-order valence-corrected chi connectivity index (χ2v) is 8.23. The second kappa shape index (κ2) is 9.52. The summed E-state index contributed by atoms with van der Waals surface area (Å²) in [7, 11) is 0. The molecule has 0 radical (unpaired) electrons. The van der Waals surface area contributed by atoms with Crippen LogP contribution >= 0.6 is 0 Å². The van der Waals surface area contributed by atoms with Crippen molar-refractivity contribution in [1.82, 2.24) is 4.98 Å². The monoisotopic (exact) mass is 397 g/mol. The van der Waals surface area contributed by atoms with Gasteiger partial charge in [-0.3, -0.25) is 4.79 Å². The first-order valence-electron chi connectivity index (χ1n) is 10.2. The minimum Gasteiger partial charge on any atom is -0.466 e. The van der Waals surface area contributed by atoms with Crippen LogP contribution in [0.3, 0.4) is 0 Å². The minimum absolute atomic E-state index is 0.0135. The highest BCUT2D eigenvalue weighted by Crippen LogP contribution is 2.38. The normalized spacial score (nSPS) is 18.1. The standard InChI is InChI=1S/C21H33F2N3O2/c1-5-28-19(27)10-15(4)16-11-18(24)20(25-12-16)26(13-14(2)3)17-6-8-21(22,23)9-7-17/h11-12,14-15,17H,5-10,13,24H2,1-4H3. The molecular weight excluding hydrogens is 364 g/mol. The molecule has 1 fully saturated rings. The van der Waals surface area contributed by atoms with Crippen molar-refractivity contribution in [2.24, 2.45) is 5.92 Å². The van der Waals surface area contributed by atoms with Gasteiger partial charge in [0.25, 0.3) is 0 Å².